The second-order valence-electron chi connectivity index (χ2n) is 9.85. The highest BCUT2D eigenvalue weighted by Gasteiger charge is 2.28. The Morgan fingerprint density at radius 2 is 1.82 bits per heavy atom. The summed E-state index contributed by atoms with van der Waals surface area (Å²) in [4.78, 5) is 26.3. The monoisotopic (exact) mass is 543 g/mol. The summed E-state index contributed by atoms with van der Waals surface area (Å²) in [5.41, 5.74) is 0.760. The molecule has 38 heavy (non-hydrogen) atoms. The van der Waals surface area contributed by atoms with E-state index in [2.05, 4.69) is 16.0 Å². The van der Waals surface area contributed by atoms with Crippen molar-refractivity contribution in [3.05, 3.63) is 77.0 Å². The first-order chi connectivity index (χ1) is 18.3. The number of carbonyl (C=O) groups is 2. The molecule has 2 aromatic carbocycles. The Labute approximate surface area is 226 Å². The van der Waals surface area contributed by atoms with Crippen LogP contribution in [0.25, 0.3) is 11.3 Å². The molecule has 0 aliphatic heterocycles. The van der Waals surface area contributed by atoms with Crippen molar-refractivity contribution >= 4 is 29.1 Å². The number of carbonyl (C=O) groups excluding carboxylic acids is 2. The van der Waals surface area contributed by atoms with E-state index in [0.717, 1.165) is 25.7 Å². The molecule has 0 spiro atoms. The molecule has 2 atom stereocenters. The molecule has 202 valence electrons. The second kappa shape index (κ2) is 12.9. The van der Waals surface area contributed by atoms with Crippen LogP contribution in [0.3, 0.4) is 0 Å². The summed E-state index contributed by atoms with van der Waals surface area (Å²) >= 11 is 5.95. The number of rotatable bonds is 10. The Hall–Kier alpha value is -3.39. The molecule has 1 aromatic heterocycles. The van der Waals surface area contributed by atoms with Gasteiger partial charge in [0, 0.05) is 23.2 Å². The predicted octanol–water partition coefficient (Wildman–Crippen LogP) is 6.56. The molecule has 0 unspecified atom stereocenters. The third-order valence-electron chi connectivity index (χ3n) is 6.77. The van der Waals surface area contributed by atoms with Crippen molar-refractivity contribution in [2.24, 2.45) is 5.92 Å². The Kier molecular flexibility index (Phi) is 9.39. The van der Waals surface area contributed by atoms with Crippen LogP contribution < -0.4 is 16.0 Å². The maximum atomic E-state index is 14.0. The summed E-state index contributed by atoms with van der Waals surface area (Å²) in [6.45, 7) is 2.06. The number of halogens is 3. The number of nitrogens with one attached hydrogen (secondary N) is 3. The van der Waals surface area contributed by atoms with Crippen LogP contribution in [0, 0.1) is 17.6 Å². The van der Waals surface area contributed by atoms with Crippen LogP contribution in [-0.2, 0) is 4.79 Å². The lowest BCUT2D eigenvalue weighted by Crippen LogP contribution is -2.51. The third-order valence-corrected chi connectivity index (χ3v) is 7.01. The van der Waals surface area contributed by atoms with Gasteiger partial charge in [-0.3, -0.25) is 9.59 Å². The zero-order valence-corrected chi connectivity index (χ0v) is 22.0. The first-order valence-corrected chi connectivity index (χ1v) is 13.3. The molecule has 9 heteroatoms. The summed E-state index contributed by atoms with van der Waals surface area (Å²) in [5, 5.41) is 9.13. The van der Waals surface area contributed by atoms with Gasteiger partial charge in [-0.1, -0.05) is 55.8 Å². The number of anilines is 1. The van der Waals surface area contributed by atoms with Crippen LogP contribution >= 0.6 is 11.6 Å². The molecular formula is C29H32ClF2N3O3. The van der Waals surface area contributed by atoms with Crippen molar-refractivity contribution in [2.45, 2.75) is 57.5 Å². The normalized spacial score (nSPS) is 15.5. The standard InChI is InChI=1S/C29H32ClF2N3O3/c1-18(17-33-24-16-21(30)10-11-23(24)32)34-28(36)25(14-19-6-3-2-4-7-19)35-29(37)27-13-12-26(38-27)20-8-5-9-22(31)15-20/h5,8-13,15-16,18-19,25,33H,2-4,6-7,14,17H2,1H3,(H,34,36)(H,35,37)/t18-,25-/m0/s1. The van der Waals surface area contributed by atoms with Gasteiger partial charge in [0.05, 0.1) is 5.69 Å². The molecule has 0 bridgehead atoms. The fourth-order valence-electron chi connectivity index (χ4n) is 4.76. The Bertz CT molecular complexity index is 1260. The topological polar surface area (TPSA) is 83.4 Å². The highest BCUT2D eigenvalue weighted by molar-refractivity contribution is 6.30. The second-order valence-corrected chi connectivity index (χ2v) is 10.3. The number of hydrogen-bond acceptors (Lipinski definition) is 4. The average molecular weight is 544 g/mol. The first-order valence-electron chi connectivity index (χ1n) is 12.9. The minimum Gasteiger partial charge on any atom is -0.451 e. The van der Waals surface area contributed by atoms with E-state index >= 15 is 0 Å². The summed E-state index contributed by atoms with van der Waals surface area (Å²) in [6, 6.07) is 12.1. The van der Waals surface area contributed by atoms with E-state index in [9.17, 15) is 18.4 Å². The van der Waals surface area contributed by atoms with Crippen molar-refractivity contribution in [1.29, 1.82) is 0 Å². The van der Waals surface area contributed by atoms with Gasteiger partial charge in [-0.05, 0) is 61.7 Å². The summed E-state index contributed by atoms with van der Waals surface area (Å²) < 4.78 is 33.3. The van der Waals surface area contributed by atoms with Crippen molar-refractivity contribution in [2.75, 3.05) is 11.9 Å². The number of furan rings is 1. The average Bonchev–Trinajstić information content (AvgIpc) is 3.40. The van der Waals surface area contributed by atoms with Gasteiger partial charge in [-0.2, -0.15) is 0 Å². The van der Waals surface area contributed by atoms with E-state index in [4.69, 9.17) is 16.0 Å². The van der Waals surface area contributed by atoms with E-state index in [1.807, 2.05) is 0 Å². The van der Waals surface area contributed by atoms with Crippen molar-refractivity contribution in [1.82, 2.24) is 10.6 Å². The van der Waals surface area contributed by atoms with Crippen LogP contribution in [0.4, 0.5) is 14.5 Å². The first kappa shape index (κ1) is 27.6. The van der Waals surface area contributed by atoms with E-state index in [1.54, 1.807) is 25.1 Å². The molecule has 6 nitrogen and oxygen atoms in total. The van der Waals surface area contributed by atoms with Crippen LogP contribution in [0.5, 0.6) is 0 Å². The zero-order chi connectivity index (χ0) is 27.1. The quantitative estimate of drug-likeness (QED) is 0.270. The van der Waals surface area contributed by atoms with Gasteiger partial charge in [0.15, 0.2) is 5.76 Å². The molecule has 1 aliphatic rings. The number of benzene rings is 2. The van der Waals surface area contributed by atoms with E-state index in [1.165, 1.54) is 42.8 Å². The maximum absolute atomic E-state index is 14.0. The van der Waals surface area contributed by atoms with E-state index in [-0.39, 0.29) is 29.9 Å². The molecule has 1 heterocycles. The van der Waals surface area contributed by atoms with Crippen molar-refractivity contribution in [3.63, 3.8) is 0 Å². The molecule has 3 N–H and O–H groups in total. The fraction of sp³-hybridized carbons (Fsp3) is 0.379. The van der Waals surface area contributed by atoms with Gasteiger partial charge in [-0.15, -0.1) is 0 Å². The summed E-state index contributed by atoms with van der Waals surface area (Å²) in [5.74, 6) is -0.958. The van der Waals surface area contributed by atoms with Gasteiger partial charge in [0.1, 0.15) is 23.4 Å². The predicted molar refractivity (Wildman–Crippen MR) is 144 cm³/mol. The summed E-state index contributed by atoms with van der Waals surface area (Å²) in [6.07, 6.45) is 5.92. The van der Waals surface area contributed by atoms with Gasteiger partial charge >= 0.3 is 0 Å². The Morgan fingerprint density at radius 1 is 1.03 bits per heavy atom. The molecule has 0 saturated heterocycles. The zero-order valence-electron chi connectivity index (χ0n) is 21.2. The fourth-order valence-corrected chi connectivity index (χ4v) is 4.94. The van der Waals surface area contributed by atoms with Gasteiger partial charge in [0.25, 0.3) is 5.91 Å². The van der Waals surface area contributed by atoms with Crippen LogP contribution in [0.1, 0.15) is 56.0 Å². The lowest BCUT2D eigenvalue weighted by Gasteiger charge is -2.27. The highest BCUT2D eigenvalue weighted by atomic mass is 35.5. The van der Waals surface area contributed by atoms with Gasteiger partial charge in [-0.25, -0.2) is 8.78 Å². The van der Waals surface area contributed by atoms with Crippen molar-refractivity contribution in [3.8, 4) is 11.3 Å². The number of amides is 2. The highest BCUT2D eigenvalue weighted by Crippen LogP contribution is 2.28. The van der Waals surface area contributed by atoms with Gasteiger partial charge < -0.3 is 20.4 Å². The smallest absolute Gasteiger partial charge is 0.287 e. The number of hydrogen-bond donors (Lipinski definition) is 3. The minimum absolute atomic E-state index is 0.0388. The van der Waals surface area contributed by atoms with Gasteiger partial charge in [0.2, 0.25) is 5.91 Å². The summed E-state index contributed by atoms with van der Waals surface area (Å²) in [7, 11) is 0. The van der Waals surface area contributed by atoms with Crippen LogP contribution in [0.15, 0.2) is 59.0 Å². The molecule has 1 aliphatic carbocycles. The molecule has 0 radical (unpaired) electrons. The Balaban J connectivity index is 1.41. The third kappa shape index (κ3) is 7.57. The lowest BCUT2D eigenvalue weighted by atomic mass is 9.84. The molecule has 1 fully saturated rings. The molecule has 2 amide bonds. The van der Waals surface area contributed by atoms with E-state index in [0.29, 0.717) is 28.7 Å². The molecule has 1 saturated carbocycles. The SMILES string of the molecule is C[C@@H](CNc1cc(Cl)ccc1F)NC(=O)[C@H](CC1CCCCC1)NC(=O)c1ccc(-c2cccc(F)c2)o1. The van der Waals surface area contributed by atoms with E-state index < -0.39 is 23.6 Å². The molecule has 4 rings (SSSR count). The maximum Gasteiger partial charge on any atom is 0.287 e. The van der Waals surface area contributed by atoms with Crippen LogP contribution in [0.2, 0.25) is 5.02 Å². The molecular weight excluding hydrogens is 512 g/mol. The largest absolute Gasteiger partial charge is 0.451 e. The molecule has 3 aromatic rings. The Morgan fingerprint density at radius 3 is 2.58 bits per heavy atom. The van der Waals surface area contributed by atoms with Crippen LogP contribution in [-0.4, -0.2) is 30.4 Å². The van der Waals surface area contributed by atoms with Crippen molar-refractivity contribution < 1.29 is 22.8 Å². The minimum atomic E-state index is -0.765. The lowest BCUT2D eigenvalue weighted by molar-refractivity contribution is -0.124.